The zero-order chi connectivity index (χ0) is 23.2. The van der Waals surface area contributed by atoms with Gasteiger partial charge in [-0.1, -0.05) is 0 Å². The van der Waals surface area contributed by atoms with Gasteiger partial charge in [-0.15, -0.1) is 0 Å². The van der Waals surface area contributed by atoms with Gasteiger partial charge in [0.05, 0.1) is 29.5 Å². The van der Waals surface area contributed by atoms with Gasteiger partial charge in [0, 0.05) is 17.9 Å². The van der Waals surface area contributed by atoms with Crippen LogP contribution in [0.4, 0.5) is 21.8 Å². The molecule has 0 aromatic carbocycles. The summed E-state index contributed by atoms with van der Waals surface area (Å²) in [4.78, 5) is 24.7. The van der Waals surface area contributed by atoms with Crippen LogP contribution in [0.25, 0.3) is 10.9 Å². The highest BCUT2D eigenvalue weighted by molar-refractivity contribution is 5.90. The number of hydrogen-bond acceptors (Lipinski definition) is 7. The molecule has 1 aliphatic heterocycles. The second kappa shape index (κ2) is 8.40. The van der Waals surface area contributed by atoms with E-state index in [-0.39, 0.29) is 11.1 Å². The summed E-state index contributed by atoms with van der Waals surface area (Å²) in [6.45, 7) is 5.29. The summed E-state index contributed by atoms with van der Waals surface area (Å²) in [6.07, 6.45) is 9.52. The molecule has 1 saturated carbocycles. The molecule has 176 valence electrons. The Balaban J connectivity index is 1.47. The number of fused-ring (bicyclic) bond motifs is 1. The summed E-state index contributed by atoms with van der Waals surface area (Å²) in [7, 11) is 2.14. The monoisotopic (exact) mass is 454 g/mol. The lowest BCUT2D eigenvalue weighted by Crippen LogP contribution is -2.31. The SMILES string of the molecule is C[C@H](CF)n1ccc2nc(Nc3cnn(C4CCN(C)CC4)c3)nc(NC3(C)CC3)c2c1=O. The fraction of sp³-hybridized carbons (Fsp3) is 0.565. The van der Waals surface area contributed by atoms with E-state index in [1.165, 1.54) is 4.57 Å². The maximum atomic E-state index is 13.3. The standard InChI is InChI=1S/C23H31FN8O/c1-15(12-24)31-11-6-18-19(21(31)33)20(29-23(2)7-8-23)28-22(27-18)26-16-13-25-32(14-16)17-4-9-30(3)10-5-17/h6,11,13-15,17H,4-5,7-10,12H2,1-3H3,(H2,26,27,28,29)/t15-/m1/s1. The zero-order valence-corrected chi connectivity index (χ0v) is 19.4. The summed E-state index contributed by atoms with van der Waals surface area (Å²) >= 11 is 0. The van der Waals surface area contributed by atoms with Crippen LogP contribution in [-0.4, -0.2) is 61.6 Å². The smallest absolute Gasteiger partial charge is 0.264 e. The van der Waals surface area contributed by atoms with Crippen LogP contribution in [0, 0.1) is 0 Å². The number of likely N-dealkylation sites (tertiary alicyclic amines) is 1. The molecule has 2 fully saturated rings. The van der Waals surface area contributed by atoms with E-state index < -0.39 is 12.7 Å². The van der Waals surface area contributed by atoms with Crippen LogP contribution in [0.1, 0.15) is 51.6 Å². The normalized spacial score (nSPS) is 19.5. The van der Waals surface area contributed by atoms with E-state index in [2.05, 4.69) is 44.6 Å². The van der Waals surface area contributed by atoms with Crippen molar-refractivity contribution >= 4 is 28.4 Å². The fourth-order valence-electron chi connectivity index (χ4n) is 4.31. The first-order chi connectivity index (χ1) is 15.8. The molecule has 3 aromatic rings. The van der Waals surface area contributed by atoms with Crippen LogP contribution >= 0.6 is 0 Å². The number of anilines is 3. The first kappa shape index (κ1) is 21.8. The molecule has 0 bridgehead atoms. The van der Waals surface area contributed by atoms with Crippen molar-refractivity contribution in [2.45, 2.75) is 57.2 Å². The summed E-state index contributed by atoms with van der Waals surface area (Å²) in [5.74, 6) is 0.878. The highest BCUT2D eigenvalue weighted by Gasteiger charge is 2.38. The van der Waals surface area contributed by atoms with Gasteiger partial charge < -0.3 is 20.1 Å². The number of nitrogens with one attached hydrogen (secondary N) is 2. The van der Waals surface area contributed by atoms with Gasteiger partial charge >= 0.3 is 0 Å². The van der Waals surface area contributed by atoms with Crippen LogP contribution in [0.2, 0.25) is 0 Å². The molecule has 9 nitrogen and oxygen atoms in total. The van der Waals surface area contributed by atoms with Gasteiger partial charge in [0.1, 0.15) is 17.9 Å². The second-order valence-corrected chi connectivity index (χ2v) is 9.74. The quantitative estimate of drug-likeness (QED) is 0.564. The van der Waals surface area contributed by atoms with Crippen LogP contribution in [-0.2, 0) is 0 Å². The van der Waals surface area contributed by atoms with E-state index in [1.54, 1.807) is 25.4 Å². The third kappa shape index (κ3) is 4.44. The number of piperidine rings is 1. The molecule has 2 aliphatic rings. The van der Waals surface area contributed by atoms with E-state index >= 15 is 0 Å². The molecular formula is C23H31FN8O. The molecule has 1 saturated heterocycles. The Morgan fingerprint density at radius 3 is 2.73 bits per heavy atom. The lowest BCUT2D eigenvalue weighted by Gasteiger charge is -2.28. The molecule has 0 amide bonds. The summed E-state index contributed by atoms with van der Waals surface area (Å²) in [5, 5.41) is 11.6. The molecule has 0 spiro atoms. The van der Waals surface area contributed by atoms with Crippen LogP contribution in [0.5, 0.6) is 0 Å². The zero-order valence-electron chi connectivity index (χ0n) is 19.4. The lowest BCUT2D eigenvalue weighted by atomic mass is 10.1. The summed E-state index contributed by atoms with van der Waals surface area (Å²) in [6, 6.07) is 1.59. The molecule has 1 atom stereocenters. The first-order valence-electron chi connectivity index (χ1n) is 11.6. The molecule has 2 N–H and O–H groups in total. The Morgan fingerprint density at radius 1 is 1.27 bits per heavy atom. The van der Waals surface area contributed by atoms with Gasteiger partial charge in [0.15, 0.2) is 0 Å². The number of hydrogen-bond donors (Lipinski definition) is 2. The predicted molar refractivity (Wildman–Crippen MR) is 127 cm³/mol. The van der Waals surface area contributed by atoms with Crippen molar-refractivity contribution in [1.82, 2.24) is 29.2 Å². The molecule has 5 rings (SSSR count). The van der Waals surface area contributed by atoms with Gasteiger partial charge in [-0.2, -0.15) is 10.1 Å². The topological polar surface area (TPSA) is 92.9 Å². The average Bonchev–Trinajstić information content (AvgIpc) is 3.33. The minimum absolute atomic E-state index is 0.0869. The number of alkyl halides is 1. The average molecular weight is 455 g/mol. The van der Waals surface area contributed by atoms with Crippen LogP contribution in [0.15, 0.2) is 29.5 Å². The van der Waals surface area contributed by atoms with E-state index in [4.69, 9.17) is 0 Å². The molecule has 1 aliphatic carbocycles. The first-order valence-corrected chi connectivity index (χ1v) is 11.6. The third-order valence-corrected chi connectivity index (χ3v) is 6.82. The highest BCUT2D eigenvalue weighted by Crippen LogP contribution is 2.39. The predicted octanol–water partition coefficient (Wildman–Crippen LogP) is 3.49. The second-order valence-electron chi connectivity index (χ2n) is 9.74. The molecular weight excluding hydrogens is 423 g/mol. The van der Waals surface area contributed by atoms with Crippen LogP contribution < -0.4 is 16.2 Å². The number of rotatable bonds is 7. The van der Waals surface area contributed by atoms with Gasteiger partial charge in [0.2, 0.25) is 5.95 Å². The Kier molecular flexibility index (Phi) is 5.55. The Morgan fingerprint density at radius 2 is 2.03 bits per heavy atom. The molecule has 3 aromatic heterocycles. The molecule has 4 heterocycles. The Hall–Kier alpha value is -3.01. The minimum atomic E-state index is -0.617. The van der Waals surface area contributed by atoms with Crippen molar-refractivity contribution in [2.24, 2.45) is 0 Å². The number of nitrogens with zero attached hydrogens (tertiary/aromatic N) is 6. The molecule has 10 heteroatoms. The maximum Gasteiger partial charge on any atom is 0.264 e. The van der Waals surface area contributed by atoms with Gasteiger partial charge in [-0.3, -0.25) is 9.48 Å². The van der Waals surface area contributed by atoms with Crippen LogP contribution in [0.3, 0.4) is 0 Å². The number of halogens is 1. The Bertz CT molecular complexity index is 1210. The highest BCUT2D eigenvalue weighted by atomic mass is 19.1. The van der Waals surface area contributed by atoms with Crippen molar-refractivity contribution in [3.8, 4) is 0 Å². The van der Waals surface area contributed by atoms with Gasteiger partial charge in [-0.05, 0) is 65.7 Å². The van der Waals surface area contributed by atoms with Crippen molar-refractivity contribution < 1.29 is 4.39 Å². The van der Waals surface area contributed by atoms with Crippen molar-refractivity contribution in [3.63, 3.8) is 0 Å². The van der Waals surface area contributed by atoms with E-state index in [1.807, 2.05) is 10.9 Å². The van der Waals surface area contributed by atoms with E-state index in [0.717, 1.165) is 44.5 Å². The largest absolute Gasteiger partial charge is 0.364 e. The Labute approximate surface area is 192 Å². The summed E-state index contributed by atoms with van der Waals surface area (Å²) in [5.41, 5.74) is 0.952. The van der Waals surface area contributed by atoms with E-state index in [9.17, 15) is 9.18 Å². The fourth-order valence-corrected chi connectivity index (χ4v) is 4.31. The third-order valence-electron chi connectivity index (χ3n) is 6.82. The maximum absolute atomic E-state index is 13.3. The van der Waals surface area contributed by atoms with Gasteiger partial charge in [0.25, 0.3) is 5.56 Å². The van der Waals surface area contributed by atoms with Crippen molar-refractivity contribution in [2.75, 3.05) is 37.4 Å². The molecule has 0 radical (unpaired) electrons. The van der Waals surface area contributed by atoms with E-state index in [0.29, 0.717) is 28.7 Å². The van der Waals surface area contributed by atoms with Crippen molar-refractivity contribution in [3.05, 3.63) is 35.0 Å². The molecule has 33 heavy (non-hydrogen) atoms. The number of pyridine rings is 1. The van der Waals surface area contributed by atoms with Crippen molar-refractivity contribution in [1.29, 1.82) is 0 Å². The number of aromatic nitrogens is 5. The lowest BCUT2D eigenvalue weighted by molar-refractivity contribution is 0.212. The van der Waals surface area contributed by atoms with Gasteiger partial charge in [-0.25, -0.2) is 9.37 Å². The molecule has 0 unspecified atom stereocenters. The minimum Gasteiger partial charge on any atom is -0.364 e. The summed E-state index contributed by atoms with van der Waals surface area (Å²) < 4.78 is 16.7.